The van der Waals surface area contributed by atoms with Gasteiger partial charge in [0.25, 0.3) is 0 Å². The fourth-order valence-electron chi connectivity index (χ4n) is 5.44. The van der Waals surface area contributed by atoms with Gasteiger partial charge in [-0.25, -0.2) is 4.79 Å². The zero-order chi connectivity index (χ0) is 40.1. The van der Waals surface area contributed by atoms with Crippen molar-refractivity contribution < 1.29 is 38.7 Å². The summed E-state index contributed by atoms with van der Waals surface area (Å²) in [7, 11) is 0. The molecule has 1 aliphatic rings. The minimum atomic E-state index is -1.23. The number of hydrogen-bond donors (Lipinski definition) is 12. The maximum atomic E-state index is 14.0. The highest BCUT2D eigenvalue weighted by atomic mass is 16.4. The molecule has 300 valence electrons. The van der Waals surface area contributed by atoms with E-state index in [-0.39, 0.29) is 82.9 Å². The molecule has 22 nitrogen and oxygen atoms in total. The number of unbranched alkanes of at least 4 members (excludes halogenated alkanes) is 1. The number of guanidine groups is 2. The zero-order valence-electron chi connectivity index (χ0n) is 30.3. The lowest BCUT2D eigenvalue weighted by Gasteiger charge is -2.30. The van der Waals surface area contributed by atoms with Crippen LogP contribution >= 0.6 is 0 Å². The molecule has 1 rings (SSSR count). The predicted octanol–water partition coefficient (Wildman–Crippen LogP) is -5.15. The summed E-state index contributed by atoms with van der Waals surface area (Å²) in [6.45, 7) is 2.17. The number of rotatable bonds is 25. The Morgan fingerprint density at radius 3 is 1.83 bits per heavy atom. The number of carboxylic acid groups (broad SMARTS) is 1. The van der Waals surface area contributed by atoms with Gasteiger partial charge in [-0.15, -0.1) is 0 Å². The van der Waals surface area contributed by atoms with Gasteiger partial charge in [0.1, 0.15) is 30.2 Å². The van der Waals surface area contributed by atoms with Gasteiger partial charge in [-0.1, -0.05) is 0 Å². The summed E-state index contributed by atoms with van der Waals surface area (Å²) in [5, 5.41) is 19.7. The van der Waals surface area contributed by atoms with Gasteiger partial charge >= 0.3 is 5.97 Å². The lowest BCUT2D eigenvalue weighted by atomic mass is 10.0. The molecule has 6 amide bonds. The number of primary amides is 1. The average molecular weight is 755 g/mol. The second kappa shape index (κ2) is 24.1. The number of amides is 6. The molecule has 0 saturated carbocycles. The quantitative estimate of drug-likeness (QED) is 0.0236. The van der Waals surface area contributed by atoms with Crippen LogP contribution < -0.4 is 61.4 Å². The molecule has 1 saturated heterocycles. The van der Waals surface area contributed by atoms with Crippen molar-refractivity contribution in [1.29, 1.82) is 0 Å². The van der Waals surface area contributed by atoms with E-state index in [9.17, 15) is 38.7 Å². The van der Waals surface area contributed by atoms with E-state index in [1.165, 1.54) is 11.8 Å². The fourth-order valence-corrected chi connectivity index (χ4v) is 5.44. The summed E-state index contributed by atoms with van der Waals surface area (Å²) in [6, 6.07) is -6.88. The summed E-state index contributed by atoms with van der Waals surface area (Å²) in [5.74, 6) is -5.67. The third-order valence-corrected chi connectivity index (χ3v) is 8.33. The van der Waals surface area contributed by atoms with Crippen molar-refractivity contribution in [2.75, 3.05) is 26.2 Å². The van der Waals surface area contributed by atoms with Gasteiger partial charge in [-0.05, 0) is 77.7 Å². The van der Waals surface area contributed by atoms with E-state index in [1.54, 1.807) is 0 Å². The van der Waals surface area contributed by atoms with Crippen LogP contribution in [0.2, 0.25) is 0 Å². The number of hydrogen-bond acceptors (Lipinski definition) is 11. The van der Waals surface area contributed by atoms with Crippen molar-refractivity contribution in [1.82, 2.24) is 26.2 Å². The molecular weight excluding hydrogens is 696 g/mol. The van der Waals surface area contributed by atoms with E-state index in [0.717, 1.165) is 0 Å². The number of aliphatic imine (C=N–C) groups is 2. The van der Waals surface area contributed by atoms with Gasteiger partial charge in [0.05, 0.1) is 6.04 Å². The van der Waals surface area contributed by atoms with Crippen LogP contribution in [-0.2, 0) is 33.6 Å². The first kappa shape index (κ1) is 45.8. The number of nitrogens with one attached hydrogen (secondary N) is 4. The van der Waals surface area contributed by atoms with E-state index in [4.69, 9.17) is 40.1 Å². The van der Waals surface area contributed by atoms with Crippen molar-refractivity contribution >= 4 is 53.3 Å². The number of aliphatic carboxylic acids is 1. The highest BCUT2D eigenvalue weighted by Gasteiger charge is 2.39. The Morgan fingerprint density at radius 1 is 0.736 bits per heavy atom. The maximum Gasteiger partial charge on any atom is 0.326 e. The molecule has 1 heterocycles. The Balaban J connectivity index is 3.18. The van der Waals surface area contributed by atoms with E-state index in [1.807, 2.05) is 0 Å². The number of likely N-dealkylation sites (tertiary alicyclic amines) is 1. The lowest BCUT2D eigenvalue weighted by molar-refractivity contribution is -0.143. The third-order valence-electron chi connectivity index (χ3n) is 8.33. The Morgan fingerprint density at radius 2 is 1.28 bits per heavy atom. The topological polar surface area (TPSA) is 398 Å². The molecule has 0 bridgehead atoms. The van der Waals surface area contributed by atoms with Gasteiger partial charge in [0.15, 0.2) is 11.9 Å². The van der Waals surface area contributed by atoms with E-state index in [0.29, 0.717) is 25.8 Å². The zero-order valence-corrected chi connectivity index (χ0v) is 30.3. The number of carbonyl (C=O) groups excluding carboxylic acids is 6. The predicted molar refractivity (Wildman–Crippen MR) is 195 cm³/mol. The summed E-state index contributed by atoms with van der Waals surface area (Å²) < 4.78 is 0. The third kappa shape index (κ3) is 17.7. The molecule has 0 unspecified atom stereocenters. The molecule has 1 aliphatic heterocycles. The summed E-state index contributed by atoms with van der Waals surface area (Å²) in [5.41, 5.74) is 38.2. The van der Waals surface area contributed by atoms with Crippen LogP contribution in [0.25, 0.3) is 0 Å². The van der Waals surface area contributed by atoms with Crippen LogP contribution in [0.5, 0.6) is 0 Å². The Labute approximate surface area is 308 Å². The van der Waals surface area contributed by atoms with Gasteiger partial charge in [0.2, 0.25) is 35.4 Å². The summed E-state index contributed by atoms with van der Waals surface area (Å²) >= 11 is 0. The van der Waals surface area contributed by atoms with E-state index < -0.39 is 77.7 Å². The highest BCUT2D eigenvalue weighted by molar-refractivity contribution is 5.96. The van der Waals surface area contributed by atoms with Crippen LogP contribution in [0, 0.1) is 0 Å². The first-order valence-corrected chi connectivity index (χ1v) is 17.6. The van der Waals surface area contributed by atoms with Crippen LogP contribution in [0.4, 0.5) is 0 Å². The molecule has 0 aromatic carbocycles. The molecule has 0 aromatic rings. The SMILES string of the molecule is C[C@H](NC(=O)[C@@H]1CCCN1C(=O)[C@H](CCCN=C(N)N)NC(=O)[C@H](CCCN=C(N)N)NC(=O)[C@@H](N)CCC(N)=O)C(=O)N[C@@H](CCCCN)C(=O)O. The van der Waals surface area contributed by atoms with Crippen molar-refractivity contribution in [3.05, 3.63) is 0 Å². The number of carbonyl (C=O) groups is 7. The summed E-state index contributed by atoms with van der Waals surface area (Å²) in [4.78, 5) is 98.7. The minimum absolute atomic E-state index is 0.0380. The first-order valence-electron chi connectivity index (χ1n) is 17.6. The Hall–Kier alpha value is -5.25. The molecule has 1 fully saturated rings. The molecule has 53 heavy (non-hydrogen) atoms. The van der Waals surface area contributed by atoms with Crippen LogP contribution in [0.1, 0.15) is 77.6 Å². The second-order valence-electron chi connectivity index (χ2n) is 12.7. The normalized spacial score (nSPS) is 16.5. The lowest BCUT2D eigenvalue weighted by Crippen LogP contribution is -2.58. The highest BCUT2D eigenvalue weighted by Crippen LogP contribution is 2.20. The average Bonchev–Trinajstić information content (AvgIpc) is 3.59. The molecule has 0 aromatic heterocycles. The number of carboxylic acids is 1. The second-order valence-corrected chi connectivity index (χ2v) is 12.7. The first-order chi connectivity index (χ1) is 25.0. The molecule has 0 aliphatic carbocycles. The molecule has 0 spiro atoms. The fraction of sp³-hybridized carbons (Fsp3) is 0.710. The number of nitrogens with zero attached hydrogens (tertiary/aromatic N) is 3. The van der Waals surface area contributed by atoms with Gasteiger partial charge < -0.3 is 71.4 Å². The Bertz CT molecular complexity index is 1320. The molecule has 22 heteroatoms. The van der Waals surface area contributed by atoms with Gasteiger partial charge in [0, 0.05) is 26.1 Å². The van der Waals surface area contributed by atoms with Crippen LogP contribution in [0.15, 0.2) is 9.98 Å². The monoisotopic (exact) mass is 754 g/mol. The molecule has 6 atom stereocenters. The minimum Gasteiger partial charge on any atom is -0.480 e. The van der Waals surface area contributed by atoms with Crippen LogP contribution in [-0.4, -0.2) is 126 Å². The van der Waals surface area contributed by atoms with Crippen molar-refractivity contribution in [3.8, 4) is 0 Å². The molecular formula is C31H58N14O8. The van der Waals surface area contributed by atoms with Gasteiger partial charge in [-0.2, -0.15) is 0 Å². The van der Waals surface area contributed by atoms with E-state index in [2.05, 4.69) is 31.3 Å². The molecule has 19 N–H and O–H groups in total. The molecule has 0 radical (unpaired) electrons. The maximum absolute atomic E-state index is 14.0. The standard InChI is InChI=1S/C31H58N14O8/c1-17(24(47)44-21(29(52)53)7-2-3-13-32)41-27(50)22-10-6-16-45(22)28(51)20(9-5-15-40-31(37)38)43-26(49)19(8-4-14-39-30(35)36)42-25(48)18(33)11-12-23(34)46/h17-22H,2-16,32-33H2,1H3,(H2,34,46)(H,41,50)(H,42,48)(H,43,49)(H,44,47)(H,52,53)(H4,35,36,39)(H4,37,38,40)/t17-,18-,19-,20-,21-,22-/m0/s1. The van der Waals surface area contributed by atoms with Crippen LogP contribution in [0.3, 0.4) is 0 Å². The van der Waals surface area contributed by atoms with E-state index >= 15 is 0 Å². The smallest absolute Gasteiger partial charge is 0.326 e. The summed E-state index contributed by atoms with van der Waals surface area (Å²) in [6.07, 6.45) is 2.25. The Kier molecular flexibility index (Phi) is 20.8. The van der Waals surface area contributed by atoms with Gasteiger partial charge in [-0.3, -0.25) is 38.8 Å². The number of nitrogens with two attached hydrogens (primary N) is 7. The van der Waals surface area contributed by atoms with Crippen molar-refractivity contribution in [2.24, 2.45) is 50.1 Å². The largest absolute Gasteiger partial charge is 0.480 e. The van der Waals surface area contributed by atoms with Crippen molar-refractivity contribution in [2.45, 2.75) is 114 Å². The van der Waals surface area contributed by atoms with Crippen molar-refractivity contribution in [3.63, 3.8) is 0 Å².